The Kier molecular flexibility index (Phi) is 13.7. The number of aldehydes is 1. The molecular weight excluding hydrogens is 352 g/mol. The van der Waals surface area contributed by atoms with Crippen LogP contribution in [0.25, 0.3) is 0 Å². The molecule has 4 heteroatoms. The van der Waals surface area contributed by atoms with Gasteiger partial charge < -0.3 is 14.9 Å². The average Bonchev–Trinajstić information content (AvgIpc) is 3.16. The number of carbonyl (C=O) groups excluding carboxylic acids is 1. The van der Waals surface area contributed by atoms with Gasteiger partial charge in [-0.25, -0.2) is 0 Å². The van der Waals surface area contributed by atoms with Gasteiger partial charge in [-0.15, -0.1) is 0 Å². The minimum absolute atomic E-state index is 0.171. The van der Waals surface area contributed by atoms with Crippen LogP contribution in [0.5, 0.6) is 5.75 Å². The van der Waals surface area contributed by atoms with Gasteiger partial charge in [0.15, 0.2) is 6.29 Å². The van der Waals surface area contributed by atoms with Crippen molar-refractivity contribution in [3.8, 4) is 5.75 Å². The fourth-order valence-electron chi connectivity index (χ4n) is 4.34. The molecule has 0 spiro atoms. The first-order valence-electron chi connectivity index (χ1n) is 11.1. The van der Waals surface area contributed by atoms with Gasteiger partial charge in [-0.2, -0.15) is 0 Å². The van der Waals surface area contributed by atoms with Crippen LogP contribution in [0.2, 0.25) is 0 Å². The summed E-state index contributed by atoms with van der Waals surface area (Å²) in [5.41, 5.74) is 2.80. The summed E-state index contributed by atoms with van der Waals surface area (Å²) in [5.74, 6) is 2.67. The van der Waals surface area contributed by atoms with Gasteiger partial charge in [0.05, 0.1) is 0 Å². The van der Waals surface area contributed by atoms with Crippen LogP contribution in [0.15, 0.2) is 18.2 Å². The predicted octanol–water partition coefficient (Wildman–Crippen LogP) is 5.07. The van der Waals surface area contributed by atoms with Crippen LogP contribution in [0.3, 0.4) is 0 Å². The van der Waals surface area contributed by atoms with Crippen LogP contribution in [0, 0.1) is 11.8 Å². The van der Waals surface area contributed by atoms with E-state index in [-0.39, 0.29) is 6.61 Å². The maximum atomic E-state index is 10.4. The Hall–Kier alpha value is -1.39. The van der Waals surface area contributed by atoms with E-state index in [0.29, 0.717) is 0 Å². The van der Waals surface area contributed by atoms with Gasteiger partial charge in [0.2, 0.25) is 0 Å². The van der Waals surface area contributed by atoms with Crippen molar-refractivity contribution in [2.75, 3.05) is 13.4 Å². The Labute approximate surface area is 171 Å². The van der Waals surface area contributed by atoms with E-state index in [4.69, 9.17) is 14.9 Å². The molecule has 0 amide bonds. The number of rotatable bonds is 8. The van der Waals surface area contributed by atoms with Crippen molar-refractivity contribution in [2.24, 2.45) is 11.8 Å². The first-order chi connectivity index (χ1) is 13.7. The molecule has 0 aliphatic heterocycles. The number of benzene rings is 1. The molecule has 0 radical (unpaired) electrons. The molecule has 0 saturated heterocycles. The molecule has 1 aromatic rings. The second kappa shape index (κ2) is 15.5. The van der Waals surface area contributed by atoms with E-state index in [2.05, 4.69) is 19.9 Å². The third kappa shape index (κ3) is 8.74. The van der Waals surface area contributed by atoms with E-state index in [1.165, 1.54) is 75.3 Å². The van der Waals surface area contributed by atoms with Gasteiger partial charge in [-0.1, -0.05) is 70.9 Å². The van der Waals surface area contributed by atoms with Gasteiger partial charge in [0.1, 0.15) is 19.1 Å². The molecule has 28 heavy (non-hydrogen) atoms. The standard InChI is InChI=1S/C15H18O2.C8H18.CH4O2/c16-7-8-17-15-6-2-5-13-9-11-3-1-4-12(11)10-14(13)15;1-3-5-7-8-6-4-2;2-1-3/h2,5-7,11-12H,1,3-4,8-10H2;3-8H2,1-2H3;2-3H,1H2. The summed E-state index contributed by atoms with van der Waals surface area (Å²) in [6.07, 6.45) is 15.8. The number of aliphatic hydroxyl groups excluding tert-OH is 1. The van der Waals surface area contributed by atoms with E-state index in [1.807, 2.05) is 12.1 Å². The van der Waals surface area contributed by atoms with Crippen molar-refractivity contribution in [3.63, 3.8) is 0 Å². The fraction of sp³-hybridized carbons (Fsp3) is 0.708. The summed E-state index contributed by atoms with van der Waals surface area (Å²) >= 11 is 0. The minimum Gasteiger partial charge on any atom is -0.486 e. The third-order valence-corrected chi connectivity index (χ3v) is 5.76. The van der Waals surface area contributed by atoms with Gasteiger partial charge in [0.25, 0.3) is 0 Å². The Morgan fingerprint density at radius 2 is 1.61 bits per heavy atom. The topological polar surface area (TPSA) is 66.8 Å². The van der Waals surface area contributed by atoms with Crippen molar-refractivity contribution >= 4 is 6.29 Å². The smallest absolute Gasteiger partial charge is 0.157 e. The molecule has 2 aliphatic rings. The van der Waals surface area contributed by atoms with Crippen molar-refractivity contribution in [1.29, 1.82) is 0 Å². The molecule has 2 N–H and O–H groups in total. The second-order valence-corrected chi connectivity index (χ2v) is 7.79. The molecule has 1 saturated carbocycles. The molecule has 1 fully saturated rings. The fourth-order valence-corrected chi connectivity index (χ4v) is 4.34. The summed E-state index contributed by atoms with van der Waals surface area (Å²) in [5, 5.41) is 14.2. The summed E-state index contributed by atoms with van der Waals surface area (Å²) in [6, 6.07) is 6.27. The Bertz CT molecular complexity index is 523. The SMILES string of the molecule is CCCCCCCC.O=CCOc1cccc2c1CC1CCCC1C2.OCO. The molecule has 3 rings (SSSR count). The molecule has 4 nitrogen and oxygen atoms in total. The van der Waals surface area contributed by atoms with E-state index >= 15 is 0 Å². The first kappa shape index (κ1) is 24.6. The van der Waals surface area contributed by atoms with Crippen LogP contribution >= 0.6 is 0 Å². The highest BCUT2D eigenvalue weighted by molar-refractivity contribution is 5.52. The predicted molar refractivity (Wildman–Crippen MR) is 115 cm³/mol. The quantitative estimate of drug-likeness (QED) is 0.368. The second-order valence-electron chi connectivity index (χ2n) is 7.79. The van der Waals surface area contributed by atoms with Crippen LogP contribution in [0.4, 0.5) is 0 Å². The van der Waals surface area contributed by atoms with Gasteiger partial charge in [0, 0.05) is 0 Å². The molecule has 160 valence electrons. The molecule has 2 aliphatic carbocycles. The lowest BCUT2D eigenvalue weighted by molar-refractivity contribution is -0.109. The summed E-state index contributed by atoms with van der Waals surface area (Å²) in [4.78, 5) is 10.4. The Balaban J connectivity index is 0.000000302. The largest absolute Gasteiger partial charge is 0.486 e. The highest BCUT2D eigenvalue weighted by Gasteiger charge is 2.33. The van der Waals surface area contributed by atoms with E-state index in [1.54, 1.807) is 0 Å². The molecule has 0 heterocycles. The van der Waals surface area contributed by atoms with Crippen LogP contribution in [-0.2, 0) is 17.6 Å². The molecule has 0 bridgehead atoms. The van der Waals surface area contributed by atoms with Crippen LogP contribution in [-0.4, -0.2) is 29.9 Å². The zero-order valence-electron chi connectivity index (χ0n) is 17.9. The van der Waals surface area contributed by atoms with Crippen molar-refractivity contribution in [3.05, 3.63) is 29.3 Å². The monoisotopic (exact) mass is 392 g/mol. The molecule has 2 unspecified atom stereocenters. The van der Waals surface area contributed by atoms with Crippen molar-refractivity contribution in [2.45, 2.75) is 84.5 Å². The lowest BCUT2D eigenvalue weighted by Gasteiger charge is -2.29. The summed E-state index contributed by atoms with van der Waals surface area (Å²) < 4.78 is 5.53. The zero-order chi connectivity index (χ0) is 20.6. The highest BCUT2D eigenvalue weighted by atomic mass is 16.5. The number of hydrogen-bond acceptors (Lipinski definition) is 4. The number of aliphatic hydroxyl groups is 2. The summed E-state index contributed by atoms with van der Waals surface area (Å²) in [6.45, 7) is 3.93. The lowest BCUT2D eigenvalue weighted by Crippen LogP contribution is -2.21. The Morgan fingerprint density at radius 1 is 1.00 bits per heavy atom. The third-order valence-electron chi connectivity index (χ3n) is 5.76. The zero-order valence-corrected chi connectivity index (χ0v) is 17.9. The van der Waals surface area contributed by atoms with Crippen LogP contribution < -0.4 is 4.74 Å². The average molecular weight is 393 g/mol. The van der Waals surface area contributed by atoms with Gasteiger partial charge >= 0.3 is 0 Å². The number of ether oxygens (including phenoxy) is 1. The number of carbonyl (C=O) groups is 1. The van der Waals surface area contributed by atoms with Gasteiger partial charge in [-0.05, 0) is 54.7 Å². The molecular formula is C24H40O4. The molecule has 0 aromatic heterocycles. The van der Waals surface area contributed by atoms with E-state index in [9.17, 15) is 4.79 Å². The number of unbranched alkanes of at least 4 members (excludes halogenated alkanes) is 5. The number of hydrogen-bond donors (Lipinski definition) is 2. The van der Waals surface area contributed by atoms with Crippen molar-refractivity contribution in [1.82, 2.24) is 0 Å². The molecule has 1 aromatic carbocycles. The van der Waals surface area contributed by atoms with E-state index < -0.39 is 6.79 Å². The highest BCUT2D eigenvalue weighted by Crippen LogP contribution is 2.43. The minimum atomic E-state index is -0.750. The number of fused-ring (bicyclic) bond motifs is 2. The lowest BCUT2D eigenvalue weighted by atomic mass is 9.77. The van der Waals surface area contributed by atoms with Crippen molar-refractivity contribution < 1.29 is 19.7 Å². The summed E-state index contributed by atoms with van der Waals surface area (Å²) in [7, 11) is 0. The maximum absolute atomic E-state index is 10.4. The van der Waals surface area contributed by atoms with Gasteiger partial charge in [-0.3, -0.25) is 4.79 Å². The first-order valence-corrected chi connectivity index (χ1v) is 11.1. The molecule has 2 atom stereocenters. The Morgan fingerprint density at radius 3 is 2.18 bits per heavy atom. The van der Waals surface area contributed by atoms with E-state index in [0.717, 1.165) is 30.3 Å². The normalized spacial score (nSPS) is 19.3. The maximum Gasteiger partial charge on any atom is 0.157 e. The van der Waals surface area contributed by atoms with Crippen LogP contribution in [0.1, 0.15) is 82.8 Å².